The van der Waals surface area contributed by atoms with Gasteiger partial charge in [-0.3, -0.25) is 4.68 Å². The molecule has 1 saturated heterocycles. The van der Waals surface area contributed by atoms with Crippen molar-refractivity contribution in [3.63, 3.8) is 0 Å². The molecule has 2 aromatic heterocycles. The summed E-state index contributed by atoms with van der Waals surface area (Å²) in [6.45, 7) is 3.31. The van der Waals surface area contributed by atoms with Gasteiger partial charge in [0.25, 0.3) is 0 Å². The molecule has 2 unspecified atom stereocenters. The molecule has 0 spiro atoms. The number of ether oxygens (including phenoxy) is 1. The Kier molecular flexibility index (Phi) is 4.58. The van der Waals surface area contributed by atoms with Gasteiger partial charge in [-0.15, -0.1) is 0 Å². The third-order valence-corrected chi connectivity index (χ3v) is 4.75. The number of aryl methyl sites for hydroxylation is 1. The van der Waals surface area contributed by atoms with Crippen molar-refractivity contribution in [2.24, 2.45) is 13.0 Å². The van der Waals surface area contributed by atoms with Gasteiger partial charge in [0.1, 0.15) is 5.82 Å². The van der Waals surface area contributed by atoms with E-state index < -0.39 is 11.7 Å². The van der Waals surface area contributed by atoms with Crippen LogP contribution in [-0.4, -0.2) is 39.0 Å². The van der Waals surface area contributed by atoms with Gasteiger partial charge >= 0.3 is 6.18 Å². The Bertz CT molecular complexity index is 985. The molecule has 28 heavy (non-hydrogen) atoms. The molecular weight excluding hydrogens is 373 g/mol. The summed E-state index contributed by atoms with van der Waals surface area (Å²) in [5.41, 5.74) is 0.392. The Balaban J connectivity index is 1.65. The zero-order valence-corrected chi connectivity index (χ0v) is 15.3. The van der Waals surface area contributed by atoms with Gasteiger partial charge in [0.2, 0.25) is 5.95 Å². The van der Waals surface area contributed by atoms with E-state index in [1.54, 1.807) is 17.9 Å². The number of aromatic nitrogens is 4. The summed E-state index contributed by atoms with van der Waals surface area (Å²) in [5, 5.41) is 11.2. The van der Waals surface area contributed by atoms with E-state index >= 15 is 0 Å². The fourth-order valence-corrected chi connectivity index (χ4v) is 3.07. The maximum absolute atomic E-state index is 12.8. The molecule has 1 fully saturated rings. The first kappa shape index (κ1) is 18.5. The molecular formula is C18H19F3N6O. The number of hydrogen-bond acceptors (Lipinski definition) is 6. The van der Waals surface area contributed by atoms with E-state index in [4.69, 9.17) is 4.74 Å². The van der Waals surface area contributed by atoms with Gasteiger partial charge in [0.05, 0.1) is 36.4 Å². The maximum atomic E-state index is 12.8. The number of alkyl halides is 3. The van der Waals surface area contributed by atoms with Crippen molar-refractivity contribution in [1.82, 2.24) is 19.7 Å². The fourth-order valence-electron chi connectivity index (χ4n) is 3.07. The number of nitrogens with zero attached hydrogens (tertiary/aromatic N) is 4. The Morgan fingerprint density at radius 1 is 1.14 bits per heavy atom. The van der Waals surface area contributed by atoms with E-state index in [-0.39, 0.29) is 6.04 Å². The molecule has 10 heteroatoms. The first-order chi connectivity index (χ1) is 13.3. The van der Waals surface area contributed by atoms with Crippen molar-refractivity contribution in [3.8, 4) is 0 Å². The van der Waals surface area contributed by atoms with Crippen LogP contribution in [0.15, 0.2) is 30.5 Å². The summed E-state index contributed by atoms with van der Waals surface area (Å²) in [5.74, 6) is 1.19. The van der Waals surface area contributed by atoms with Crippen molar-refractivity contribution in [1.29, 1.82) is 0 Å². The topological polar surface area (TPSA) is 76.9 Å². The van der Waals surface area contributed by atoms with Gasteiger partial charge in [0.15, 0.2) is 5.65 Å². The zero-order chi connectivity index (χ0) is 19.9. The van der Waals surface area contributed by atoms with E-state index in [1.165, 1.54) is 12.1 Å². The average molecular weight is 392 g/mol. The van der Waals surface area contributed by atoms with Crippen LogP contribution in [0.2, 0.25) is 0 Å². The highest BCUT2D eigenvalue weighted by Crippen LogP contribution is 2.31. The number of benzene rings is 1. The van der Waals surface area contributed by atoms with E-state index in [9.17, 15) is 13.2 Å². The largest absolute Gasteiger partial charge is 0.416 e. The minimum Gasteiger partial charge on any atom is -0.379 e. The van der Waals surface area contributed by atoms with Gasteiger partial charge in [-0.25, -0.2) is 0 Å². The number of hydrogen-bond donors (Lipinski definition) is 2. The molecule has 7 nitrogen and oxygen atoms in total. The Labute approximate surface area is 158 Å². The van der Waals surface area contributed by atoms with E-state index in [1.807, 2.05) is 0 Å². The minimum atomic E-state index is -4.37. The predicted octanol–water partition coefficient (Wildman–Crippen LogP) is 3.57. The monoisotopic (exact) mass is 392 g/mol. The summed E-state index contributed by atoms with van der Waals surface area (Å²) < 4.78 is 45.4. The lowest BCUT2D eigenvalue weighted by molar-refractivity contribution is -0.137. The Morgan fingerprint density at radius 3 is 2.54 bits per heavy atom. The standard InChI is InChI=1S/C18H19F3N6O/c1-10-8-28-9-14(10)24-17-25-15(13-7-22-27(2)16(13)26-17)23-12-5-3-11(4-6-12)18(19,20)21/h3-7,10,14H,8-9H2,1-2H3,(H2,23,24,25,26). The molecule has 0 radical (unpaired) electrons. The lowest BCUT2D eigenvalue weighted by Gasteiger charge is -2.16. The Morgan fingerprint density at radius 2 is 1.89 bits per heavy atom. The minimum absolute atomic E-state index is 0.0876. The summed E-state index contributed by atoms with van der Waals surface area (Å²) in [7, 11) is 1.77. The third-order valence-electron chi connectivity index (χ3n) is 4.75. The molecule has 148 valence electrons. The molecule has 1 aliphatic heterocycles. The first-order valence-electron chi connectivity index (χ1n) is 8.79. The molecule has 3 heterocycles. The Hall–Kier alpha value is -2.88. The fraction of sp³-hybridized carbons (Fsp3) is 0.389. The van der Waals surface area contributed by atoms with Crippen LogP contribution in [0.25, 0.3) is 11.0 Å². The second-order valence-electron chi connectivity index (χ2n) is 6.87. The second-order valence-corrected chi connectivity index (χ2v) is 6.87. The van der Waals surface area contributed by atoms with Crippen LogP contribution in [0.1, 0.15) is 12.5 Å². The van der Waals surface area contributed by atoms with Crippen LogP contribution in [0.5, 0.6) is 0 Å². The summed E-state index contributed by atoms with van der Waals surface area (Å²) in [6, 6.07) is 4.88. The van der Waals surface area contributed by atoms with Crippen molar-refractivity contribution in [2.75, 3.05) is 23.8 Å². The van der Waals surface area contributed by atoms with Crippen LogP contribution in [0.4, 0.5) is 30.6 Å². The van der Waals surface area contributed by atoms with Crippen LogP contribution >= 0.6 is 0 Å². The van der Waals surface area contributed by atoms with E-state index in [0.29, 0.717) is 47.6 Å². The second kappa shape index (κ2) is 6.93. The first-order valence-corrected chi connectivity index (χ1v) is 8.79. The van der Waals surface area contributed by atoms with Crippen LogP contribution < -0.4 is 10.6 Å². The average Bonchev–Trinajstić information content (AvgIpc) is 3.21. The van der Waals surface area contributed by atoms with Crippen molar-refractivity contribution in [3.05, 3.63) is 36.0 Å². The highest BCUT2D eigenvalue weighted by molar-refractivity contribution is 5.89. The number of anilines is 3. The predicted molar refractivity (Wildman–Crippen MR) is 98.4 cm³/mol. The van der Waals surface area contributed by atoms with Gasteiger partial charge in [0, 0.05) is 18.7 Å². The molecule has 0 saturated carbocycles. The molecule has 3 aromatic rings. The third kappa shape index (κ3) is 3.59. The number of rotatable bonds is 4. The van der Waals surface area contributed by atoms with Crippen LogP contribution in [-0.2, 0) is 18.0 Å². The lowest BCUT2D eigenvalue weighted by atomic mass is 10.1. The van der Waals surface area contributed by atoms with Gasteiger partial charge in [-0.05, 0) is 24.3 Å². The summed E-state index contributed by atoms with van der Waals surface area (Å²) in [4.78, 5) is 9.03. The van der Waals surface area contributed by atoms with Crippen LogP contribution in [0, 0.1) is 5.92 Å². The normalized spacial score (nSPS) is 19.9. The summed E-state index contributed by atoms with van der Waals surface area (Å²) in [6.07, 6.45) is -2.76. The molecule has 1 aliphatic rings. The van der Waals surface area contributed by atoms with Gasteiger partial charge in [-0.1, -0.05) is 6.92 Å². The van der Waals surface area contributed by atoms with Gasteiger partial charge in [-0.2, -0.15) is 28.2 Å². The van der Waals surface area contributed by atoms with Crippen LogP contribution in [0.3, 0.4) is 0 Å². The van der Waals surface area contributed by atoms with Crippen molar-refractivity contribution in [2.45, 2.75) is 19.1 Å². The van der Waals surface area contributed by atoms with Crippen molar-refractivity contribution < 1.29 is 17.9 Å². The number of nitrogens with one attached hydrogen (secondary N) is 2. The van der Waals surface area contributed by atoms with Gasteiger partial charge < -0.3 is 15.4 Å². The zero-order valence-electron chi connectivity index (χ0n) is 15.3. The molecule has 0 amide bonds. The SMILES string of the molecule is CC1COCC1Nc1nc(Nc2ccc(C(F)(F)F)cc2)c2cnn(C)c2n1. The molecule has 2 N–H and O–H groups in total. The maximum Gasteiger partial charge on any atom is 0.416 e. The lowest BCUT2D eigenvalue weighted by Crippen LogP contribution is -2.27. The molecule has 0 aliphatic carbocycles. The smallest absolute Gasteiger partial charge is 0.379 e. The van der Waals surface area contributed by atoms with E-state index in [0.717, 1.165) is 12.1 Å². The quantitative estimate of drug-likeness (QED) is 0.707. The highest BCUT2D eigenvalue weighted by Gasteiger charge is 2.30. The number of halogens is 3. The van der Waals surface area contributed by atoms with Crippen molar-refractivity contribution >= 4 is 28.5 Å². The highest BCUT2D eigenvalue weighted by atomic mass is 19.4. The molecule has 0 bridgehead atoms. The molecule has 1 aromatic carbocycles. The van der Waals surface area contributed by atoms with E-state index in [2.05, 4.69) is 32.6 Å². The summed E-state index contributed by atoms with van der Waals surface area (Å²) >= 11 is 0. The number of fused-ring (bicyclic) bond motifs is 1. The molecule has 4 rings (SSSR count). The molecule has 2 atom stereocenters.